The SMILES string of the molecule is COc1cc2c(C)cc(CCN)nc2cc1Cl. The third kappa shape index (κ3) is 2.35. The number of hydrogen-bond donors (Lipinski definition) is 1. The Labute approximate surface area is 106 Å². The normalized spacial score (nSPS) is 10.8. The van der Waals surface area contributed by atoms with Gasteiger partial charge in [0.2, 0.25) is 0 Å². The molecule has 0 aliphatic rings. The van der Waals surface area contributed by atoms with Crippen LogP contribution in [0.5, 0.6) is 5.75 Å². The van der Waals surface area contributed by atoms with Crippen LogP contribution in [0.25, 0.3) is 10.9 Å². The molecular formula is C13H15ClN2O. The molecule has 0 spiro atoms. The Hall–Kier alpha value is -1.32. The summed E-state index contributed by atoms with van der Waals surface area (Å²) in [5.74, 6) is 0.677. The number of nitrogens with zero attached hydrogens (tertiary/aromatic N) is 1. The first kappa shape index (κ1) is 12.1. The van der Waals surface area contributed by atoms with E-state index in [4.69, 9.17) is 22.1 Å². The van der Waals surface area contributed by atoms with E-state index >= 15 is 0 Å². The van der Waals surface area contributed by atoms with Crippen LogP contribution in [-0.4, -0.2) is 18.6 Å². The molecule has 1 aromatic carbocycles. The molecule has 0 unspecified atom stereocenters. The number of benzene rings is 1. The van der Waals surface area contributed by atoms with Gasteiger partial charge < -0.3 is 10.5 Å². The Kier molecular flexibility index (Phi) is 3.50. The average Bonchev–Trinajstić information content (AvgIpc) is 2.28. The van der Waals surface area contributed by atoms with E-state index in [1.54, 1.807) is 7.11 Å². The lowest BCUT2D eigenvalue weighted by Gasteiger charge is -2.09. The minimum absolute atomic E-state index is 0.580. The second-order valence-electron chi connectivity index (χ2n) is 3.97. The number of nitrogens with two attached hydrogens (primary N) is 1. The van der Waals surface area contributed by atoms with Crippen LogP contribution in [0.3, 0.4) is 0 Å². The van der Waals surface area contributed by atoms with Crippen LogP contribution in [0.1, 0.15) is 11.3 Å². The molecule has 0 fully saturated rings. The van der Waals surface area contributed by atoms with Crippen molar-refractivity contribution in [3.8, 4) is 5.75 Å². The maximum absolute atomic E-state index is 6.10. The van der Waals surface area contributed by atoms with E-state index in [2.05, 4.69) is 18.0 Å². The molecule has 2 rings (SSSR count). The zero-order valence-electron chi connectivity index (χ0n) is 9.96. The predicted octanol–water partition coefficient (Wildman–Crippen LogP) is 2.71. The first-order valence-electron chi connectivity index (χ1n) is 5.49. The Morgan fingerprint density at radius 2 is 2.12 bits per heavy atom. The van der Waals surface area contributed by atoms with E-state index in [0.717, 1.165) is 28.6 Å². The van der Waals surface area contributed by atoms with Gasteiger partial charge in [-0.2, -0.15) is 0 Å². The fourth-order valence-electron chi connectivity index (χ4n) is 1.90. The third-order valence-corrected chi connectivity index (χ3v) is 3.04. The highest BCUT2D eigenvalue weighted by molar-refractivity contribution is 6.32. The molecule has 0 aliphatic carbocycles. The molecule has 2 aromatic rings. The summed E-state index contributed by atoms with van der Waals surface area (Å²) in [5, 5.41) is 1.64. The molecule has 17 heavy (non-hydrogen) atoms. The monoisotopic (exact) mass is 250 g/mol. The number of hydrogen-bond acceptors (Lipinski definition) is 3. The summed E-state index contributed by atoms with van der Waals surface area (Å²) in [6.45, 7) is 2.65. The molecule has 0 saturated heterocycles. The molecular weight excluding hydrogens is 236 g/mol. The number of rotatable bonds is 3. The maximum atomic E-state index is 6.10. The van der Waals surface area contributed by atoms with Crippen LogP contribution >= 0.6 is 11.6 Å². The summed E-state index contributed by atoms with van der Waals surface area (Å²) in [6.07, 6.45) is 0.778. The zero-order valence-corrected chi connectivity index (χ0v) is 10.7. The summed E-state index contributed by atoms with van der Waals surface area (Å²) in [6, 6.07) is 5.82. The number of ether oxygens (including phenoxy) is 1. The van der Waals surface area contributed by atoms with Crippen molar-refractivity contribution in [2.24, 2.45) is 5.73 Å². The van der Waals surface area contributed by atoms with E-state index in [9.17, 15) is 0 Å². The molecule has 0 amide bonds. The van der Waals surface area contributed by atoms with E-state index in [0.29, 0.717) is 17.3 Å². The molecule has 0 bridgehead atoms. The highest BCUT2D eigenvalue weighted by Crippen LogP contribution is 2.30. The van der Waals surface area contributed by atoms with Crippen LogP contribution < -0.4 is 10.5 Å². The minimum atomic E-state index is 0.580. The molecule has 0 atom stereocenters. The van der Waals surface area contributed by atoms with Gasteiger partial charge in [0.15, 0.2) is 0 Å². The number of aromatic nitrogens is 1. The topological polar surface area (TPSA) is 48.1 Å². The molecule has 3 nitrogen and oxygen atoms in total. The van der Waals surface area contributed by atoms with Gasteiger partial charge in [-0.1, -0.05) is 11.6 Å². The molecule has 2 N–H and O–H groups in total. The quantitative estimate of drug-likeness (QED) is 0.911. The van der Waals surface area contributed by atoms with Crippen LogP contribution in [0, 0.1) is 6.92 Å². The van der Waals surface area contributed by atoms with E-state index in [1.807, 2.05) is 12.1 Å². The molecule has 1 aromatic heterocycles. The maximum Gasteiger partial charge on any atom is 0.138 e. The van der Waals surface area contributed by atoms with Crippen molar-refractivity contribution in [3.05, 3.63) is 34.5 Å². The number of pyridine rings is 1. The van der Waals surface area contributed by atoms with E-state index in [1.165, 1.54) is 0 Å². The van der Waals surface area contributed by atoms with Crippen LogP contribution in [-0.2, 0) is 6.42 Å². The largest absolute Gasteiger partial charge is 0.495 e. The molecule has 1 heterocycles. The van der Waals surface area contributed by atoms with Crippen molar-refractivity contribution >= 4 is 22.5 Å². The highest BCUT2D eigenvalue weighted by atomic mass is 35.5. The molecule has 0 saturated carbocycles. The number of halogens is 1. The summed E-state index contributed by atoms with van der Waals surface area (Å²) in [5.41, 5.74) is 8.59. The van der Waals surface area contributed by atoms with Crippen molar-refractivity contribution in [1.29, 1.82) is 0 Å². The number of fused-ring (bicyclic) bond motifs is 1. The van der Waals surface area contributed by atoms with Crippen molar-refractivity contribution in [3.63, 3.8) is 0 Å². The van der Waals surface area contributed by atoms with Crippen LogP contribution in [0.2, 0.25) is 5.02 Å². The van der Waals surface area contributed by atoms with Crippen molar-refractivity contribution in [2.45, 2.75) is 13.3 Å². The standard InChI is InChI=1S/C13H15ClN2O/c1-8-5-9(3-4-15)16-12-7-11(14)13(17-2)6-10(8)12/h5-7H,3-4,15H2,1-2H3. The lowest BCUT2D eigenvalue weighted by Crippen LogP contribution is -2.05. The summed E-state index contributed by atoms with van der Waals surface area (Å²) >= 11 is 6.10. The van der Waals surface area contributed by atoms with E-state index in [-0.39, 0.29) is 0 Å². The van der Waals surface area contributed by atoms with Gasteiger partial charge in [0.1, 0.15) is 5.75 Å². The molecule has 90 valence electrons. The molecule has 0 radical (unpaired) electrons. The lowest BCUT2D eigenvalue weighted by atomic mass is 10.1. The van der Waals surface area contributed by atoms with Gasteiger partial charge in [0, 0.05) is 17.5 Å². The molecule has 0 aliphatic heterocycles. The van der Waals surface area contributed by atoms with Gasteiger partial charge in [-0.3, -0.25) is 4.98 Å². The van der Waals surface area contributed by atoms with Gasteiger partial charge in [0.25, 0.3) is 0 Å². The average molecular weight is 251 g/mol. The molecule has 4 heteroatoms. The highest BCUT2D eigenvalue weighted by Gasteiger charge is 2.07. The van der Waals surface area contributed by atoms with Gasteiger partial charge in [-0.15, -0.1) is 0 Å². The second-order valence-corrected chi connectivity index (χ2v) is 4.38. The number of aryl methyl sites for hydroxylation is 1. The summed E-state index contributed by atoms with van der Waals surface area (Å²) in [7, 11) is 1.61. The minimum Gasteiger partial charge on any atom is -0.495 e. The summed E-state index contributed by atoms with van der Waals surface area (Å²) in [4.78, 5) is 4.54. The Balaban J connectivity index is 2.64. The second kappa shape index (κ2) is 4.90. The van der Waals surface area contributed by atoms with Gasteiger partial charge in [-0.05, 0) is 37.2 Å². The zero-order chi connectivity index (χ0) is 12.4. The fraction of sp³-hybridized carbons (Fsp3) is 0.308. The van der Waals surface area contributed by atoms with E-state index < -0.39 is 0 Å². The smallest absolute Gasteiger partial charge is 0.138 e. The first-order valence-corrected chi connectivity index (χ1v) is 5.87. The first-order chi connectivity index (χ1) is 8.15. The Morgan fingerprint density at radius 3 is 2.76 bits per heavy atom. The third-order valence-electron chi connectivity index (χ3n) is 2.74. The van der Waals surface area contributed by atoms with Crippen LogP contribution in [0.4, 0.5) is 0 Å². The Morgan fingerprint density at radius 1 is 1.35 bits per heavy atom. The van der Waals surface area contributed by atoms with Crippen molar-refractivity contribution in [2.75, 3.05) is 13.7 Å². The fourth-order valence-corrected chi connectivity index (χ4v) is 2.13. The number of methoxy groups -OCH3 is 1. The van der Waals surface area contributed by atoms with Crippen molar-refractivity contribution < 1.29 is 4.74 Å². The predicted molar refractivity (Wildman–Crippen MR) is 70.8 cm³/mol. The van der Waals surface area contributed by atoms with Gasteiger partial charge >= 0.3 is 0 Å². The van der Waals surface area contributed by atoms with Gasteiger partial charge in [-0.25, -0.2) is 0 Å². The van der Waals surface area contributed by atoms with Gasteiger partial charge in [0.05, 0.1) is 17.6 Å². The van der Waals surface area contributed by atoms with Crippen LogP contribution in [0.15, 0.2) is 18.2 Å². The summed E-state index contributed by atoms with van der Waals surface area (Å²) < 4.78 is 5.21. The lowest BCUT2D eigenvalue weighted by molar-refractivity contribution is 0.415. The van der Waals surface area contributed by atoms with Crippen molar-refractivity contribution in [1.82, 2.24) is 4.98 Å². The Bertz CT molecular complexity index is 555.